The summed E-state index contributed by atoms with van der Waals surface area (Å²) in [6.45, 7) is 7.84. The van der Waals surface area contributed by atoms with E-state index >= 15 is 0 Å². The number of hydrogen-bond acceptors (Lipinski definition) is 5. The van der Waals surface area contributed by atoms with Gasteiger partial charge in [-0.3, -0.25) is 4.79 Å². The molecule has 6 nitrogen and oxygen atoms in total. The van der Waals surface area contributed by atoms with Gasteiger partial charge < -0.3 is 5.32 Å². The van der Waals surface area contributed by atoms with Crippen LogP contribution in [0.25, 0.3) is 0 Å². The summed E-state index contributed by atoms with van der Waals surface area (Å²) >= 11 is 0. The van der Waals surface area contributed by atoms with Gasteiger partial charge in [-0.1, -0.05) is 19.9 Å². The van der Waals surface area contributed by atoms with Crippen LogP contribution in [-0.4, -0.2) is 26.8 Å². The minimum atomic E-state index is -0.527. The molecule has 0 spiro atoms. The molecular weight excluding hydrogens is 333 g/mol. The summed E-state index contributed by atoms with van der Waals surface area (Å²) in [5.41, 5.74) is 4.45. The summed E-state index contributed by atoms with van der Waals surface area (Å²) < 4.78 is 12.7. The molecule has 3 rings (SSSR count). The standard InChI is InChI=1S/C17H16FN5O.C2H6/c1-10-7-20-21-9-13(10)16-11(2)17(23-16)22-15(24)6-4-12-3-5-14(18)19-8-12;1-2/h3,5,7-9H,4,6H2,1-2H3,(H,22,23,24);1-2H3. The predicted octanol–water partition coefficient (Wildman–Crippen LogP) is 3.13. The minimum Gasteiger partial charge on any atom is -0.310 e. The lowest BCUT2D eigenvalue weighted by Gasteiger charge is -2.21. The van der Waals surface area contributed by atoms with Crippen molar-refractivity contribution in [3.05, 3.63) is 64.8 Å². The first kappa shape index (κ1) is 19.4. The summed E-state index contributed by atoms with van der Waals surface area (Å²) in [4.78, 5) is 20.0. The molecule has 0 saturated carbocycles. The van der Waals surface area contributed by atoms with Crippen LogP contribution in [0.5, 0.6) is 0 Å². The van der Waals surface area contributed by atoms with Crippen LogP contribution in [0, 0.1) is 12.9 Å². The van der Waals surface area contributed by atoms with Gasteiger partial charge in [0.15, 0.2) is 0 Å². The lowest BCUT2D eigenvalue weighted by molar-refractivity contribution is -0.120. The molecule has 1 amide bonds. The van der Waals surface area contributed by atoms with Crippen molar-refractivity contribution in [1.29, 1.82) is 0 Å². The van der Waals surface area contributed by atoms with Crippen molar-refractivity contribution in [1.82, 2.24) is 20.5 Å². The van der Waals surface area contributed by atoms with Crippen LogP contribution in [-0.2, 0) is 11.2 Å². The lowest BCUT2D eigenvalue weighted by atomic mass is 9.98. The van der Waals surface area contributed by atoms with Crippen molar-refractivity contribution < 1.29 is 9.18 Å². The number of aryl methyl sites for hydroxylation is 2. The Bertz CT molecular complexity index is 843. The van der Waals surface area contributed by atoms with Gasteiger partial charge in [0.1, 0.15) is 5.82 Å². The van der Waals surface area contributed by atoms with E-state index < -0.39 is 5.95 Å². The molecule has 136 valence electrons. The van der Waals surface area contributed by atoms with Crippen molar-refractivity contribution in [2.75, 3.05) is 0 Å². The molecule has 0 radical (unpaired) electrons. The average molecular weight is 355 g/mol. The van der Waals surface area contributed by atoms with Crippen LogP contribution >= 0.6 is 0 Å². The zero-order valence-electron chi connectivity index (χ0n) is 15.4. The Hall–Kier alpha value is -2.96. The van der Waals surface area contributed by atoms with E-state index in [0.29, 0.717) is 12.2 Å². The van der Waals surface area contributed by atoms with Gasteiger partial charge in [0.05, 0.1) is 18.1 Å². The number of nitrogens with zero attached hydrogens (tertiary/aromatic N) is 4. The number of carbonyl (C=O) groups excluding carboxylic acids is 1. The Morgan fingerprint density at radius 3 is 2.46 bits per heavy atom. The maximum Gasteiger partial charge on any atom is 0.225 e. The first-order chi connectivity index (χ1) is 12.5. The van der Waals surface area contributed by atoms with E-state index in [1.165, 1.54) is 12.3 Å². The first-order valence-corrected chi connectivity index (χ1v) is 8.52. The lowest BCUT2D eigenvalue weighted by Crippen LogP contribution is -2.30. The third-order valence-electron chi connectivity index (χ3n) is 3.81. The number of nitrogens with one attached hydrogen (secondary N) is 1. The third-order valence-corrected chi connectivity index (χ3v) is 3.81. The number of carbonyl (C=O) groups is 1. The van der Waals surface area contributed by atoms with Crippen LogP contribution in [0.2, 0.25) is 0 Å². The smallest absolute Gasteiger partial charge is 0.225 e. The quantitative estimate of drug-likeness (QED) is 0.836. The predicted molar refractivity (Wildman–Crippen MR) is 98.0 cm³/mol. The highest BCUT2D eigenvalue weighted by Gasteiger charge is 2.23. The summed E-state index contributed by atoms with van der Waals surface area (Å²) in [6.07, 6.45) is 5.56. The van der Waals surface area contributed by atoms with E-state index in [2.05, 4.69) is 25.5 Å². The van der Waals surface area contributed by atoms with E-state index in [1.807, 2.05) is 27.7 Å². The fourth-order valence-corrected chi connectivity index (χ4v) is 2.36. The Kier molecular flexibility index (Phi) is 6.66. The molecule has 3 heterocycles. The molecule has 26 heavy (non-hydrogen) atoms. The summed E-state index contributed by atoms with van der Waals surface area (Å²) in [5, 5.41) is 10.5. The molecule has 0 aliphatic carbocycles. The van der Waals surface area contributed by atoms with Gasteiger partial charge in [0, 0.05) is 23.8 Å². The van der Waals surface area contributed by atoms with Crippen molar-refractivity contribution in [3.63, 3.8) is 0 Å². The average Bonchev–Trinajstić information content (AvgIpc) is 2.66. The highest BCUT2D eigenvalue weighted by molar-refractivity contribution is 6.17. The van der Waals surface area contributed by atoms with Crippen LogP contribution in [0.15, 0.2) is 47.1 Å². The molecule has 2 aromatic rings. The fraction of sp³-hybridized carbons (Fsp3) is 0.316. The topological polar surface area (TPSA) is 80.1 Å². The van der Waals surface area contributed by atoms with E-state index in [0.717, 1.165) is 28.0 Å². The SMILES string of the molecule is CC.CC1=C(NC(=O)CCc2ccc(F)nc2)N=C1c1cnncc1C. The fourth-order valence-electron chi connectivity index (χ4n) is 2.36. The summed E-state index contributed by atoms with van der Waals surface area (Å²) in [7, 11) is 0. The molecule has 0 atom stereocenters. The van der Waals surface area contributed by atoms with Gasteiger partial charge in [-0.15, -0.1) is 0 Å². The number of hydrogen-bond donors (Lipinski definition) is 1. The van der Waals surface area contributed by atoms with Gasteiger partial charge in [-0.25, -0.2) is 9.98 Å². The van der Waals surface area contributed by atoms with Crippen LogP contribution in [0.3, 0.4) is 0 Å². The van der Waals surface area contributed by atoms with Gasteiger partial charge in [-0.05, 0) is 37.5 Å². The van der Waals surface area contributed by atoms with E-state index in [4.69, 9.17) is 0 Å². The van der Waals surface area contributed by atoms with Gasteiger partial charge in [0.2, 0.25) is 11.9 Å². The maximum absolute atomic E-state index is 12.7. The first-order valence-electron chi connectivity index (χ1n) is 8.52. The molecule has 7 heteroatoms. The minimum absolute atomic E-state index is 0.138. The molecule has 1 aliphatic rings. The number of allylic oxidation sites excluding steroid dienone is 1. The maximum atomic E-state index is 12.7. The molecular formula is C19H22FN5O. The van der Waals surface area contributed by atoms with Crippen molar-refractivity contribution >= 4 is 11.6 Å². The zero-order valence-corrected chi connectivity index (χ0v) is 15.4. The molecule has 0 unspecified atom stereocenters. The van der Waals surface area contributed by atoms with E-state index in [-0.39, 0.29) is 12.3 Å². The highest BCUT2D eigenvalue weighted by Crippen LogP contribution is 2.23. The Labute approximate surface area is 152 Å². The van der Waals surface area contributed by atoms with Crippen molar-refractivity contribution in [2.45, 2.75) is 40.5 Å². The third kappa shape index (κ3) is 4.56. The normalized spacial score (nSPS) is 12.6. The molecule has 0 fully saturated rings. The number of pyridine rings is 1. The zero-order chi connectivity index (χ0) is 19.1. The highest BCUT2D eigenvalue weighted by atomic mass is 19.1. The van der Waals surface area contributed by atoms with Crippen molar-refractivity contribution in [3.8, 4) is 0 Å². The van der Waals surface area contributed by atoms with Crippen molar-refractivity contribution in [2.24, 2.45) is 4.99 Å². The number of halogens is 1. The van der Waals surface area contributed by atoms with Gasteiger partial charge in [-0.2, -0.15) is 14.6 Å². The Morgan fingerprint density at radius 2 is 1.85 bits per heavy atom. The Morgan fingerprint density at radius 1 is 1.12 bits per heavy atom. The van der Waals surface area contributed by atoms with E-state index in [1.54, 1.807) is 18.5 Å². The molecule has 0 bridgehead atoms. The largest absolute Gasteiger partial charge is 0.310 e. The van der Waals surface area contributed by atoms with Crippen LogP contribution in [0.1, 0.15) is 43.9 Å². The summed E-state index contributed by atoms with van der Waals surface area (Å²) in [6, 6.07) is 2.91. The molecule has 2 aromatic heterocycles. The molecule has 0 saturated heterocycles. The van der Waals surface area contributed by atoms with Gasteiger partial charge in [0.25, 0.3) is 0 Å². The second kappa shape index (κ2) is 8.94. The Balaban J connectivity index is 0.00000117. The molecule has 1 aliphatic heterocycles. The number of amides is 1. The van der Waals surface area contributed by atoms with Gasteiger partial charge >= 0.3 is 0 Å². The number of aromatic nitrogens is 3. The number of rotatable bonds is 5. The van der Waals surface area contributed by atoms with E-state index in [9.17, 15) is 9.18 Å². The summed E-state index contributed by atoms with van der Waals surface area (Å²) in [5.74, 6) is -0.0919. The molecule has 0 aromatic carbocycles. The number of aliphatic imine (C=N–C) groups is 1. The van der Waals surface area contributed by atoms with Crippen LogP contribution < -0.4 is 5.32 Å². The second-order valence-electron chi connectivity index (χ2n) is 5.56. The van der Waals surface area contributed by atoms with Crippen LogP contribution in [0.4, 0.5) is 4.39 Å². The monoisotopic (exact) mass is 355 g/mol. The molecule has 1 N–H and O–H groups in total. The second-order valence-corrected chi connectivity index (χ2v) is 5.56.